The van der Waals surface area contributed by atoms with Crippen LogP contribution in [0.2, 0.25) is 0 Å². The standard InChI is InChI=1S/C16H25N3O/c1-2-4-13-5-3-11-19(12-10-13)16(20)18-15-8-6-14(17)7-9-15/h6-9,13H,2-5,10-12,17H2,1H3,(H,18,20). The zero-order valence-electron chi connectivity index (χ0n) is 12.3. The number of nitrogen functional groups attached to an aromatic ring is 1. The Morgan fingerprint density at radius 3 is 2.75 bits per heavy atom. The van der Waals surface area contributed by atoms with Crippen molar-refractivity contribution in [2.24, 2.45) is 5.92 Å². The second-order valence-corrected chi connectivity index (χ2v) is 5.62. The van der Waals surface area contributed by atoms with Gasteiger partial charge in [0, 0.05) is 24.5 Å². The molecule has 110 valence electrons. The number of urea groups is 1. The van der Waals surface area contributed by atoms with Crippen LogP contribution in [0.4, 0.5) is 16.2 Å². The van der Waals surface area contributed by atoms with Gasteiger partial charge in [-0.1, -0.05) is 19.8 Å². The fourth-order valence-corrected chi connectivity index (χ4v) is 2.83. The van der Waals surface area contributed by atoms with E-state index in [1.165, 1.54) is 19.3 Å². The van der Waals surface area contributed by atoms with Crippen molar-refractivity contribution < 1.29 is 4.79 Å². The summed E-state index contributed by atoms with van der Waals surface area (Å²) in [6.45, 7) is 3.96. The van der Waals surface area contributed by atoms with E-state index < -0.39 is 0 Å². The highest BCUT2D eigenvalue weighted by atomic mass is 16.2. The van der Waals surface area contributed by atoms with Crippen LogP contribution >= 0.6 is 0 Å². The van der Waals surface area contributed by atoms with Crippen molar-refractivity contribution in [2.75, 3.05) is 24.1 Å². The molecule has 1 fully saturated rings. The first-order chi connectivity index (χ1) is 9.69. The van der Waals surface area contributed by atoms with E-state index in [0.29, 0.717) is 5.69 Å². The smallest absolute Gasteiger partial charge is 0.321 e. The number of nitrogens with two attached hydrogens (primary N) is 1. The zero-order valence-corrected chi connectivity index (χ0v) is 12.3. The number of nitrogens with one attached hydrogen (secondary N) is 1. The SMILES string of the molecule is CCCC1CCCN(C(=O)Nc2ccc(N)cc2)CC1. The van der Waals surface area contributed by atoms with Crippen molar-refractivity contribution in [3.63, 3.8) is 0 Å². The number of anilines is 2. The lowest BCUT2D eigenvalue weighted by molar-refractivity contribution is 0.213. The molecule has 4 nitrogen and oxygen atoms in total. The van der Waals surface area contributed by atoms with E-state index >= 15 is 0 Å². The Morgan fingerprint density at radius 2 is 2.05 bits per heavy atom. The Kier molecular flexibility index (Phi) is 5.27. The Labute approximate surface area is 121 Å². The molecule has 1 saturated heterocycles. The summed E-state index contributed by atoms with van der Waals surface area (Å²) in [7, 11) is 0. The molecule has 20 heavy (non-hydrogen) atoms. The number of carbonyl (C=O) groups excluding carboxylic acids is 1. The van der Waals surface area contributed by atoms with Gasteiger partial charge >= 0.3 is 6.03 Å². The van der Waals surface area contributed by atoms with Crippen molar-refractivity contribution in [1.29, 1.82) is 0 Å². The second kappa shape index (κ2) is 7.17. The monoisotopic (exact) mass is 275 g/mol. The van der Waals surface area contributed by atoms with Crippen LogP contribution in [0.3, 0.4) is 0 Å². The molecule has 1 heterocycles. The minimum atomic E-state index is 0.00641. The molecule has 0 saturated carbocycles. The van der Waals surface area contributed by atoms with Gasteiger partial charge in [-0.05, 0) is 49.4 Å². The van der Waals surface area contributed by atoms with Crippen molar-refractivity contribution in [3.8, 4) is 0 Å². The lowest BCUT2D eigenvalue weighted by Gasteiger charge is -2.21. The molecule has 4 heteroatoms. The van der Waals surface area contributed by atoms with Gasteiger partial charge in [0.15, 0.2) is 0 Å². The van der Waals surface area contributed by atoms with E-state index in [9.17, 15) is 4.79 Å². The lowest BCUT2D eigenvalue weighted by atomic mass is 9.96. The maximum absolute atomic E-state index is 12.3. The molecule has 0 aliphatic carbocycles. The molecule has 0 aromatic heterocycles. The molecule has 1 aliphatic rings. The van der Waals surface area contributed by atoms with Crippen LogP contribution in [-0.2, 0) is 0 Å². The number of amides is 2. The van der Waals surface area contributed by atoms with Gasteiger partial charge in [0.1, 0.15) is 0 Å². The summed E-state index contributed by atoms with van der Waals surface area (Å²) in [6.07, 6.45) is 6.01. The second-order valence-electron chi connectivity index (χ2n) is 5.62. The molecule has 0 spiro atoms. The Bertz CT molecular complexity index is 430. The normalized spacial score (nSPS) is 19.4. The largest absolute Gasteiger partial charge is 0.399 e. The summed E-state index contributed by atoms with van der Waals surface area (Å²) in [4.78, 5) is 14.2. The summed E-state index contributed by atoms with van der Waals surface area (Å²) >= 11 is 0. The molecule has 2 amide bonds. The zero-order chi connectivity index (χ0) is 14.4. The van der Waals surface area contributed by atoms with Crippen LogP contribution in [0.1, 0.15) is 39.0 Å². The fraction of sp³-hybridized carbons (Fsp3) is 0.562. The Morgan fingerprint density at radius 1 is 1.30 bits per heavy atom. The highest BCUT2D eigenvalue weighted by Gasteiger charge is 2.20. The molecule has 1 aliphatic heterocycles. The number of benzene rings is 1. The van der Waals surface area contributed by atoms with Gasteiger partial charge in [0.25, 0.3) is 0 Å². The van der Waals surface area contributed by atoms with Crippen molar-refractivity contribution in [2.45, 2.75) is 39.0 Å². The third-order valence-corrected chi connectivity index (χ3v) is 3.99. The first kappa shape index (κ1) is 14.7. The maximum Gasteiger partial charge on any atom is 0.321 e. The lowest BCUT2D eigenvalue weighted by Crippen LogP contribution is -2.35. The number of rotatable bonds is 3. The number of carbonyl (C=O) groups is 1. The minimum absolute atomic E-state index is 0.00641. The van der Waals surface area contributed by atoms with Gasteiger partial charge in [0.2, 0.25) is 0 Å². The summed E-state index contributed by atoms with van der Waals surface area (Å²) in [6, 6.07) is 7.28. The third kappa shape index (κ3) is 4.15. The first-order valence-electron chi connectivity index (χ1n) is 7.60. The van der Waals surface area contributed by atoms with Gasteiger partial charge in [-0.3, -0.25) is 0 Å². The molecular weight excluding hydrogens is 250 g/mol. The van der Waals surface area contributed by atoms with Crippen LogP contribution in [0.25, 0.3) is 0 Å². The van der Waals surface area contributed by atoms with E-state index in [0.717, 1.165) is 37.5 Å². The fourth-order valence-electron chi connectivity index (χ4n) is 2.83. The molecule has 1 aromatic rings. The van der Waals surface area contributed by atoms with E-state index in [1.807, 2.05) is 17.0 Å². The Hall–Kier alpha value is -1.71. The van der Waals surface area contributed by atoms with E-state index in [1.54, 1.807) is 12.1 Å². The van der Waals surface area contributed by atoms with Crippen molar-refractivity contribution >= 4 is 17.4 Å². The summed E-state index contributed by atoms with van der Waals surface area (Å²) in [5.74, 6) is 0.786. The number of likely N-dealkylation sites (tertiary alicyclic amines) is 1. The predicted molar refractivity (Wildman–Crippen MR) is 83.7 cm³/mol. The van der Waals surface area contributed by atoms with Crippen LogP contribution in [0.15, 0.2) is 24.3 Å². The predicted octanol–water partition coefficient (Wildman–Crippen LogP) is 3.70. The summed E-state index contributed by atoms with van der Waals surface area (Å²) in [5, 5.41) is 2.94. The van der Waals surface area contributed by atoms with Crippen LogP contribution in [0, 0.1) is 5.92 Å². The Balaban J connectivity index is 1.87. The van der Waals surface area contributed by atoms with Crippen LogP contribution < -0.4 is 11.1 Å². The van der Waals surface area contributed by atoms with Gasteiger partial charge in [-0.25, -0.2) is 4.79 Å². The minimum Gasteiger partial charge on any atom is -0.399 e. The van der Waals surface area contributed by atoms with Crippen molar-refractivity contribution in [1.82, 2.24) is 4.90 Å². The molecule has 0 radical (unpaired) electrons. The van der Waals surface area contributed by atoms with Crippen LogP contribution in [0.5, 0.6) is 0 Å². The molecule has 1 aromatic carbocycles. The van der Waals surface area contributed by atoms with E-state index in [4.69, 9.17) is 5.73 Å². The van der Waals surface area contributed by atoms with Crippen molar-refractivity contribution in [3.05, 3.63) is 24.3 Å². The third-order valence-electron chi connectivity index (χ3n) is 3.99. The average Bonchev–Trinajstić information content (AvgIpc) is 2.67. The molecule has 2 rings (SSSR count). The van der Waals surface area contributed by atoms with Gasteiger partial charge in [0.05, 0.1) is 0 Å². The number of hydrogen-bond acceptors (Lipinski definition) is 2. The average molecular weight is 275 g/mol. The summed E-state index contributed by atoms with van der Waals surface area (Å²) < 4.78 is 0. The van der Waals surface area contributed by atoms with Crippen LogP contribution in [-0.4, -0.2) is 24.0 Å². The number of nitrogens with zero attached hydrogens (tertiary/aromatic N) is 1. The summed E-state index contributed by atoms with van der Waals surface area (Å²) in [5.41, 5.74) is 7.15. The molecule has 1 unspecified atom stereocenters. The maximum atomic E-state index is 12.3. The highest BCUT2D eigenvalue weighted by molar-refractivity contribution is 5.89. The molecule has 1 atom stereocenters. The van der Waals surface area contributed by atoms with E-state index in [-0.39, 0.29) is 6.03 Å². The molecule has 0 bridgehead atoms. The molecule has 3 N–H and O–H groups in total. The number of hydrogen-bond donors (Lipinski definition) is 2. The van der Waals surface area contributed by atoms with Gasteiger partial charge in [-0.2, -0.15) is 0 Å². The first-order valence-corrected chi connectivity index (χ1v) is 7.60. The van der Waals surface area contributed by atoms with Gasteiger partial charge in [-0.15, -0.1) is 0 Å². The topological polar surface area (TPSA) is 58.4 Å². The highest BCUT2D eigenvalue weighted by Crippen LogP contribution is 2.22. The van der Waals surface area contributed by atoms with E-state index in [2.05, 4.69) is 12.2 Å². The van der Waals surface area contributed by atoms with Gasteiger partial charge < -0.3 is 16.0 Å². The molecular formula is C16H25N3O. The quantitative estimate of drug-likeness (QED) is 0.826.